The minimum absolute atomic E-state index is 0. The van der Waals surface area contributed by atoms with E-state index in [4.69, 9.17) is 0 Å². The molecule has 3 heteroatoms. The minimum atomic E-state index is 0. The Balaban J connectivity index is 0.000000640. The van der Waals surface area contributed by atoms with Gasteiger partial charge in [0.15, 0.2) is 0 Å². The number of hydrogen-bond donors (Lipinski definition) is 0. The summed E-state index contributed by atoms with van der Waals surface area (Å²) in [7, 11) is 0. The van der Waals surface area contributed by atoms with E-state index < -0.39 is 0 Å². The average molecular weight is 331 g/mol. The van der Waals surface area contributed by atoms with Gasteiger partial charge in [-0.1, -0.05) is 0 Å². The second-order valence-electron chi connectivity index (χ2n) is 4.19. The van der Waals surface area contributed by atoms with Crippen LogP contribution in [0.25, 0.3) is 10.8 Å². The molecule has 16 heavy (non-hydrogen) atoms. The van der Waals surface area contributed by atoms with Gasteiger partial charge in [-0.2, -0.15) is 0 Å². The maximum Gasteiger partial charge on any atom is -0.147 e. The van der Waals surface area contributed by atoms with Gasteiger partial charge in [0.25, 0.3) is 0 Å². The van der Waals surface area contributed by atoms with Gasteiger partial charge >= 0.3 is 99.5 Å². The number of benzene rings is 2. The van der Waals surface area contributed by atoms with Crippen molar-refractivity contribution in [3.8, 4) is 0 Å². The van der Waals surface area contributed by atoms with E-state index in [0.29, 0.717) is 0 Å². The van der Waals surface area contributed by atoms with E-state index in [1.165, 1.54) is 45.2 Å². The number of rotatable bonds is 0. The maximum atomic E-state index is 2.39. The van der Waals surface area contributed by atoms with Crippen LogP contribution in [0, 0.1) is 0 Å². The molecule has 3 rings (SSSR count). The van der Waals surface area contributed by atoms with Gasteiger partial charge in [0.05, 0.1) is 0 Å². The molecule has 1 unspecified atom stereocenters. The van der Waals surface area contributed by atoms with Gasteiger partial charge in [0, 0.05) is 0 Å². The monoisotopic (exact) mass is 329 g/mol. The van der Waals surface area contributed by atoms with Gasteiger partial charge in [0.2, 0.25) is 0 Å². The van der Waals surface area contributed by atoms with E-state index in [1.807, 2.05) is 0 Å². The van der Waals surface area contributed by atoms with E-state index in [2.05, 4.69) is 37.3 Å². The predicted octanol–water partition coefficient (Wildman–Crippen LogP) is 3.52. The van der Waals surface area contributed by atoms with Gasteiger partial charge in [-0.05, 0) is 0 Å². The van der Waals surface area contributed by atoms with Crippen molar-refractivity contribution in [1.82, 2.24) is 0 Å². The van der Waals surface area contributed by atoms with Crippen LogP contribution in [0.15, 0.2) is 30.3 Å². The van der Waals surface area contributed by atoms with Crippen LogP contribution in [0.3, 0.4) is 0 Å². The number of halogens is 2. The Morgan fingerprint density at radius 3 is 2.69 bits per heavy atom. The van der Waals surface area contributed by atoms with Crippen molar-refractivity contribution in [2.24, 2.45) is 0 Å². The Kier molecular flexibility index (Phi) is 4.63. The zero-order chi connectivity index (χ0) is 9.71. The zero-order valence-corrected chi connectivity index (χ0v) is 13.1. The smallest absolute Gasteiger partial charge is 0.147 e. The van der Waals surface area contributed by atoms with E-state index in [9.17, 15) is 0 Å². The standard InChI is InChI=1S/C13H11.2ClH.Zr/c1-9-8-11-6-2-4-10-5-3-7-12(9)13(10)11;;;/h2,4-7,9H,8H2,1H3;2*1H;. The summed E-state index contributed by atoms with van der Waals surface area (Å²) in [6.07, 6.45) is 1.23. The molecule has 83 valence electrons. The molecule has 2 aromatic rings. The first-order chi connectivity index (χ1) is 6.75. The Hall–Kier alpha value is 0.163. The SMILES string of the molecule is CC1Cc2cccc3c[c]([Zr])cc1c23.Cl.Cl. The zero-order valence-electron chi connectivity index (χ0n) is 8.99. The molecule has 0 aliphatic heterocycles. The molecule has 0 saturated heterocycles. The van der Waals surface area contributed by atoms with Crippen LogP contribution in [0.4, 0.5) is 0 Å². The first-order valence-corrected chi connectivity index (χ1v) is 6.26. The molecule has 1 atom stereocenters. The fraction of sp³-hybridized carbons (Fsp3) is 0.231. The molecule has 0 heterocycles. The summed E-state index contributed by atoms with van der Waals surface area (Å²) in [4.78, 5) is 0. The summed E-state index contributed by atoms with van der Waals surface area (Å²) in [5, 5.41) is 2.97. The molecular formula is C13H13Cl2Zr. The molecular weight excluding hydrogens is 318 g/mol. The summed E-state index contributed by atoms with van der Waals surface area (Å²) >= 11 is 1.52. The van der Waals surface area contributed by atoms with Crippen LogP contribution >= 0.6 is 24.8 Å². The van der Waals surface area contributed by atoms with Crippen molar-refractivity contribution in [3.63, 3.8) is 0 Å². The quantitative estimate of drug-likeness (QED) is 0.693. The molecule has 1 aliphatic carbocycles. The fourth-order valence-corrected chi connectivity index (χ4v) is 3.30. The summed E-state index contributed by atoms with van der Waals surface area (Å²) in [5.41, 5.74) is 3.12. The molecule has 0 amide bonds. The molecule has 1 aliphatic rings. The predicted molar refractivity (Wildman–Crippen MR) is 70.2 cm³/mol. The Labute approximate surface area is 123 Å². The second kappa shape index (κ2) is 5.21. The first-order valence-electron chi connectivity index (χ1n) is 5.03. The van der Waals surface area contributed by atoms with Crippen molar-refractivity contribution in [1.29, 1.82) is 0 Å². The van der Waals surface area contributed by atoms with E-state index in [0.717, 1.165) is 5.92 Å². The van der Waals surface area contributed by atoms with Gasteiger partial charge in [-0.3, -0.25) is 0 Å². The molecule has 0 N–H and O–H groups in total. The second-order valence-corrected chi connectivity index (χ2v) is 5.61. The van der Waals surface area contributed by atoms with Crippen molar-refractivity contribution < 1.29 is 24.7 Å². The van der Waals surface area contributed by atoms with Crippen LogP contribution < -0.4 is 3.27 Å². The summed E-state index contributed by atoms with van der Waals surface area (Å²) in [6, 6.07) is 11.4. The molecule has 0 bridgehead atoms. The van der Waals surface area contributed by atoms with Crippen LogP contribution in [-0.2, 0) is 31.1 Å². The van der Waals surface area contributed by atoms with Gasteiger partial charge in [0.1, 0.15) is 0 Å². The third kappa shape index (κ3) is 2.10. The van der Waals surface area contributed by atoms with Gasteiger partial charge in [-0.25, -0.2) is 0 Å². The molecule has 0 saturated carbocycles. The molecule has 0 aromatic heterocycles. The van der Waals surface area contributed by atoms with Crippen molar-refractivity contribution in [2.45, 2.75) is 19.3 Å². The first kappa shape index (κ1) is 14.2. The van der Waals surface area contributed by atoms with E-state index in [1.54, 1.807) is 11.1 Å². The Morgan fingerprint density at radius 2 is 1.94 bits per heavy atom. The fourth-order valence-electron chi connectivity index (χ4n) is 2.54. The van der Waals surface area contributed by atoms with Gasteiger partial charge < -0.3 is 0 Å². The third-order valence-corrected chi connectivity index (χ3v) is 3.86. The molecule has 0 spiro atoms. The van der Waals surface area contributed by atoms with Crippen LogP contribution in [0.5, 0.6) is 0 Å². The van der Waals surface area contributed by atoms with Crippen LogP contribution in [0.1, 0.15) is 24.0 Å². The van der Waals surface area contributed by atoms with Crippen molar-refractivity contribution >= 4 is 38.9 Å². The molecule has 0 radical (unpaired) electrons. The minimum Gasteiger partial charge on any atom is -0.147 e. The Morgan fingerprint density at radius 1 is 1.19 bits per heavy atom. The Bertz CT molecular complexity index is 523. The molecule has 0 fully saturated rings. The van der Waals surface area contributed by atoms with Gasteiger partial charge in [-0.15, -0.1) is 24.8 Å². The maximum absolute atomic E-state index is 2.39. The summed E-state index contributed by atoms with van der Waals surface area (Å²) in [5.74, 6) is 0.718. The van der Waals surface area contributed by atoms with E-state index >= 15 is 0 Å². The topological polar surface area (TPSA) is 0 Å². The van der Waals surface area contributed by atoms with Crippen molar-refractivity contribution in [2.75, 3.05) is 0 Å². The summed E-state index contributed by atoms with van der Waals surface area (Å²) < 4.78 is 1.48. The van der Waals surface area contributed by atoms with Crippen LogP contribution in [0.2, 0.25) is 0 Å². The molecule has 0 nitrogen and oxygen atoms in total. The van der Waals surface area contributed by atoms with Crippen LogP contribution in [-0.4, -0.2) is 0 Å². The normalized spacial score (nSPS) is 16.6. The number of hydrogen-bond acceptors (Lipinski definition) is 0. The third-order valence-electron chi connectivity index (χ3n) is 3.15. The van der Waals surface area contributed by atoms with E-state index in [-0.39, 0.29) is 24.8 Å². The largest absolute Gasteiger partial charge is 0.147 e. The average Bonchev–Trinajstić information content (AvgIpc) is 2.45. The van der Waals surface area contributed by atoms with Crippen molar-refractivity contribution in [3.05, 3.63) is 41.5 Å². The summed E-state index contributed by atoms with van der Waals surface area (Å²) in [6.45, 7) is 2.34. The molecule has 2 aromatic carbocycles.